The number of nitrogens with one attached hydrogen (secondary N) is 1. The normalized spacial score (nSPS) is 20.0. The Morgan fingerprint density at radius 3 is 2.67 bits per heavy atom. The molecule has 1 saturated carbocycles. The second kappa shape index (κ2) is 7.20. The van der Waals surface area contributed by atoms with Gasteiger partial charge in [-0.25, -0.2) is 0 Å². The van der Waals surface area contributed by atoms with E-state index in [0.717, 1.165) is 26.1 Å². The molecule has 0 aromatic heterocycles. The van der Waals surface area contributed by atoms with E-state index in [2.05, 4.69) is 24.2 Å². The first-order valence-electron chi connectivity index (χ1n) is 6.33. The SMILES string of the molecule is CCCNCC(O)CN(C)C1CCCC1. The van der Waals surface area contributed by atoms with Gasteiger partial charge in [-0.15, -0.1) is 0 Å². The van der Waals surface area contributed by atoms with Gasteiger partial charge in [0.1, 0.15) is 0 Å². The van der Waals surface area contributed by atoms with Gasteiger partial charge >= 0.3 is 0 Å². The maximum Gasteiger partial charge on any atom is 0.0791 e. The van der Waals surface area contributed by atoms with Crippen molar-refractivity contribution in [3.63, 3.8) is 0 Å². The van der Waals surface area contributed by atoms with Gasteiger partial charge in [-0.05, 0) is 32.9 Å². The van der Waals surface area contributed by atoms with E-state index in [1.54, 1.807) is 0 Å². The zero-order valence-electron chi connectivity index (χ0n) is 10.2. The summed E-state index contributed by atoms with van der Waals surface area (Å²) >= 11 is 0. The van der Waals surface area contributed by atoms with Crippen LogP contribution in [0.25, 0.3) is 0 Å². The second-order valence-electron chi connectivity index (χ2n) is 4.74. The first-order chi connectivity index (χ1) is 7.24. The third-order valence-corrected chi connectivity index (χ3v) is 3.25. The predicted octanol–water partition coefficient (Wildman–Crippen LogP) is 1.22. The third-order valence-electron chi connectivity index (χ3n) is 3.25. The summed E-state index contributed by atoms with van der Waals surface area (Å²) in [6.07, 6.45) is 6.25. The average Bonchev–Trinajstić information content (AvgIpc) is 2.70. The van der Waals surface area contributed by atoms with E-state index in [0.29, 0.717) is 6.04 Å². The smallest absolute Gasteiger partial charge is 0.0791 e. The first kappa shape index (κ1) is 12.9. The Bertz CT molecular complexity index is 158. The van der Waals surface area contributed by atoms with Crippen LogP contribution in [0.4, 0.5) is 0 Å². The van der Waals surface area contributed by atoms with Crippen molar-refractivity contribution < 1.29 is 5.11 Å². The lowest BCUT2D eigenvalue weighted by molar-refractivity contribution is 0.104. The van der Waals surface area contributed by atoms with Crippen molar-refractivity contribution >= 4 is 0 Å². The molecule has 0 aliphatic heterocycles. The molecule has 0 amide bonds. The number of hydrogen-bond donors (Lipinski definition) is 2. The predicted molar refractivity (Wildman–Crippen MR) is 64.1 cm³/mol. The summed E-state index contributed by atoms with van der Waals surface area (Å²) in [6, 6.07) is 0.714. The molecule has 1 rings (SSSR count). The molecule has 2 N–H and O–H groups in total. The van der Waals surface area contributed by atoms with Crippen molar-refractivity contribution in [2.45, 2.75) is 51.2 Å². The number of hydrogen-bond acceptors (Lipinski definition) is 3. The zero-order chi connectivity index (χ0) is 11.1. The summed E-state index contributed by atoms with van der Waals surface area (Å²) in [5, 5.41) is 13.1. The first-order valence-corrected chi connectivity index (χ1v) is 6.33. The van der Waals surface area contributed by atoms with Crippen LogP contribution in [-0.4, -0.2) is 48.8 Å². The molecular weight excluding hydrogens is 188 g/mol. The van der Waals surface area contributed by atoms with E-state index in [1.165, 1.54) is 25.7 Å². The van der Waals surface area contributed by atoms with Gasteiger partial charge in [0.15, 0.2) is 0 Å². The lowest BCUT2D eigenvalue weighted by Gasteiger charge is -2.26. The van der Waals surface area contributed by atoms with Crippen molar-refractivity contribution in [1.29, 1.82) is 0 Å². The highest BCUT2D eigenvalue weighted by Crippen LogP contribution is 2.22. The Morgan fingerprint density at radius 2 is 2.07 bits per heavy atom. The van der Waals surface area contributed by atoms with Gasteiger partial charge in [0.25, 0.3) is 0 Å². The lowest BCUT2D eigenvalue weighted by atomic mass is 10.2. The van der Waals surface area contributed by atoms with Crippen molar-refractivity contribution in [3.8, 4) is 0 Å². The van der Waals surface area contributed by atoms with E-state index >= 15 is 0 Å². The molecule has 1 aliphatic rings. The van der Waals surface area contributed by atoms with Crippen molar-refractivity contribution in [2.24, 2.45) is 0 Å². The van der Waals surface area contributed by atoms with E-state index < -0.39 is 0 Å². The minimum absolute atomic E-state index is 0.220. The second-order valence-corrected chi connectivity index (χ2v) is 4.74. The number of rotatable bonds is 7. The van der Waals surface area contributed by atoms with Crippen LogP contribution in [0.1, 0.15) is 39.0 Å². The van der Waals surface area contributed by atoms with Crippen molar-refractivity contribution in [3.05, 3.63) is 0 Å². The van der Waals surface area contributed by atoms with Crippen LogP contribution in [0, 0.1) is 0 Å². The minimum atomic E-state index is -0.220. The maximum absolute atomic E-state index is 9.80. The van der Waals surface area contributed by atoms with Crippen LogP contribution in [-0.2, 0) is 0 Å². The number of aliphatic hydroxyl groups excluding tert-OH is 1. The summed E-state index contributed by atoms with van der Waals surface area (Å²) in [5.41, 5.74) is 0. The van der Waals surface area contributed by atoms with Crippen molar-refractivity contribution in [1.82, 2.24) is 10.2 Å². The monoisotopic (exact) mass is 214 g/mol. The Morgan fingerprint density at radius 1 is 1.40 bits per heavy atom. The quantitative estimate of drug-likeness (QED) is 0.626. The molecule has 90 valence electrons. The largest absolute Gasteiger partial charge is 0.390 e. The molecule has 0 radical (unpaired) electrons. The van der Waals surface area contributed by atoms with E-state index in [9.17, 15) is 5.11 Å². The van der Waals surface area contributed by atoms with Gasteiger partial charge in [0, 0.05) is 19.1 Å². The molecule has 1 atom stereocenters. The highest BCUT2D eigenvalue weighted by atomic mass is 16.3. The highest BCUT2D eigenvalue weighted by Gasteiger charge is 2.20. The Kier molecular flexibility index (Phi) is 6.22. The highest BCUT2D eigenvalue weighted by molar-refractivity contribution is 4.77. The van der Waals surface area contributed by atoms with Gasteiger partial charge in [-0.3, -0.25) is 0 Å². The van der Waals surface area contributed by atoms with E-state index in [-0.39, 0.29) is 6.10 Å². The van der Waals surface area contributed by atoms with Gasteiger partial charge in [-0.2, -0.15) is 0 Å². The molecule has 0 heterocycles. The molecule has 3 heteroatoms. The molecule has 0 bridgehead atoms. The van der Waals surface area contributed by atoms with Gasteiger partial charge in [-0.1, -0.05) is 19.8 Å². The average molecular weight is 214 g/mol. The van der Waals surface area contributed by atoms with Crippen LogP contribution in [0.5, 0.6) is 0 Å². The van der Waals surface area contributed by atoms with E-state index in [4.69, 9.17) is 0 Å². The summed E-state index contributed by atoms with van der Waals surface area (Å²) in [5.74, 6) is 0. The zero-order valence-corrected chi connectivity index (χ0v) is 10.2. The standard InChI is InChI=1S/C12H26N2O/c1-3-8-13-9-12(15)10-14(2)11-6-4-5-7-11/h11-13,15H,3-10H2,1-2H3. The summed E-state index contributed by atoms with van der Waals surface area (Å²) in [7, 11) is 2.14. The number of likely N-dealkylation sites (N-methyl/N-ethyl adjacent to an activating group) is 1. The molecule has 3 nitrogen and oxygen atoms in total. The molecule has 1 unspecified atom stereocenters. The molecule has 0 saturated heterocycles. The number of nitrogens with zero attached hydrogens (tertiary/aromatic N) is 1. The maximum atomic E-state index is 9.80. The number of aliphatic hydroxyl groups is 1. The molecule has 1 fully saturated rings. The Balaban J connectivity index is 2.10. The third kappa shape index (κ3) is 4.96. The van der Waals surface area contributed by atoms with E-state index in [1.807, 2.05) is 0 Å². The Labute approximate surface area is 93.9 Å². The summed E-state index contributed by atoms with van der Waals surface area (Å²) < 4.78 is 0. The fraction of sp³-hybridized carbons (Fsp3) is 1.00. The molecular formula is C12H26N2O. The molecule has 0 spiro atoms. The topological polar surface area (TPSA) is 35.5 Å². The van der Waals surface area contributed by atoms with Gasteiger partial charge in [0.05, 0.1) is 6.10 Å². The molecule has 0 aromatic carbocycles. The molecule has 1 aliphatic carbocycles. The van der Waals surface area contributed by atoms with Crippen LogP contribution in [0.15, 0.2) is 0 Å². The van der Waals surface area contributed by atoms with Crippen LogP contribution in [0.3, 0.4) is 0 Å². The molecule has 0 aromatic rings. The van der Waals surface area contributed by atoms with Crippen molar-refractivity contribution in [2.75, 3.05) is 26.7 Å². The summed E-state index contributed by atoms with van der Waals surface area (Å²) in [4.78, 5) is 2.32. The molecule has 15 heavy (non-hydrogen) atoms. The fourth-order valence-corrected chi connectivity index (χ4v) is 2.34. The fourth-order valence-electron chi connectivity index (χ4n) is 2.34. The summed E-state index contributed by atoms with van der Waals surface area (Å²) in [6.45, 7) is 4.68. The van der Waals surface area contributed by atoms with Gasteiger partial charge in [0.2, 0.25) is 0 Å². The minimum Gasteiger partial charge on any atom is -0.390 e. The van der Waals surface area contributed by atoms with Crippen LogP contribution in [0.2, 0.25) is 0 Å². The van der Waals surface area contributed by atoms with Crippen LogP contribution < -0.4 is 5.32 Å². The Hall–Kier alpha value is -0.120. The van der Waals surface area contributed by atoms with Gasteiger partial charge < -0.3 is 15.3 Å². The lowest BCUT2D eigenvalue weighted by Crippen LogP contribution is -2.40. The van der Waals surface area contributed by atoms with Crippen LogP contribution >= 0.6 is 0 Å².